The molecule has 2 aromatic rings. The Morgan fingerprint density at radius 1 is 1.10 bits per heavy atom. The fourth-order valence-electron chi connectivity index (χ4n) is 2.63. The molecule has 0 atom stereocenters. The molecule has 9 heteroatoms. The van der Waals surface area contributed by atoms with Crippen molar-refractivity contribution < 1.29 is 18.0 Å². The van der Waals surface area contributed by atoms with E-state index in [-0.39, 0.29) is 23.9 Å². The zero-order valence-electron chi connectivity index (χ0n) is 16.9. The van der Waals surface area contributed by atoms with Gasteiger partial charge in [0.1, 0.15) is 0 Å². The molecule has 2 aromatic carbocycles. The van der Waals surface area contributed by atoms with Gasteiger partial charge in [-0.15, -0.1) is 0 Å². The van der Waals surface area contributed by atoms with Gasteiger partial charge in [0, 0.05) is 25.7 Å². The van der Waals surface area contributed by atoms with Crippen LogP contribution in [0.2, 0.25) is 0 Å². The van der Waals surface area contributed by atoms with E-state index in [1.165, 1.54) is 31.3 Å². The number of nitrogens with zero attached hydrogens (tertiary/aromatic N) is 2. The lowest BCUT2D eigenvalue weighted by Crippen LogP contribution is -2.38. The van der Waals surface area contributed by atoms with E-state index in [1.54, 1.807) is 24.3 Å². The fourth-order valence-corrected chi connectivity index (χ4v) is 3.76. The van der Waals surface area contributed by atoms with Crippen molar-refractivity contribution in [1.29, 1.82) is 5.26 Å². The number of amides is 2. The van der Waals surface area contributed by atoms with Gasteiger partial charge in [0.25, 0.3) is 0 Å². The van der Waals surface area contributed by atoms with Gasteiger partial charge in [-0.1, -0.05) is 19.1 Å². The molecule has 0 spiro atoms. The molecule has 0 heterocycles. The number of benzene rings is 2. The summed E-state index contributed by atoms with van der Waals surface area (Å²) in [5.41, 5.74) is 1.76. The first-order valence-corrected chi connectivity index (χ1v) is 10.8. The molecule has 2 N–H and O–H groups in total. The van der Waals surface area contributed by atoms with Crippen LogP contribution in [0.25, 0.3) is 0 Å². The van der Waals surface area contributed by atoms with E-state index in [1.807, 2.05) is 13.0 Å². The van der Waals surface area contributed by atoms with Gasteiger partial charge in [-0.2, -0.15) is 9.57 Å². The summed E-state index contributed by atoms with van der Waals surface area (Å²) in [6.07, 6.45) is 1.18. The molecule has 8 nitrogen and oxygen atoms in total. The summed E-state index contributed by atoms with van der Waals surface area (Å²) < 4.78 is 26.1. The zero-order valence-corrected chi connectivity index (χ0v) is 17.7. The van der Waals surface area contributed by atoms with E-state index in [0.717, 1.165) is 16.3 Å². The Morgan fingerprint density at radius 3 is 2.43 bits per heavy atom. The van der Waals surface area contributed by atoms with Crippen molar-refractivity contribution in [2.75, 3.05) is 18.9 Å². The lowest BCUT2D eigenvalue weighted by atomic mass is 10.2. The Labute approximate surface area is 176 Å². The average molecular weight is 429 g/mol. The number of rotatable bonds is 9. The number of carbonyl (C=O) groups is 2. The summed E-state index contributed by atoms with van der Waals surface area (Å²) in [5.74, 6) is -0.538. The van der Waals surface area contributed by atoms with Crippen molar-refractivity contribution in [1.82, 2.24) is 9.62 Å². The highest BCUT2D eigenvalue weighted by Crippen LogP contribution is 2.15. The molecular formula is C21H24N4O4S. The Kier molecular flexibility index (Phi) is 8.09. The first-order chi connectivity index (χ1) is 14.3. The Hall–Kier alpha value is -3.22. The second-order valence-corrected chi connectivity index (χ2v) is 8.72. The highest BCUT2D eigenvalue weighted by molar-refractivity contribution is 7.89. The molecule has 0 bridgehead atoms. The van der Waals surface area contributed by atoms with Crippen molar-refractivity contribution in [2.24, 2.45) is 0 Å². The van der Waals surface area contributed by atoms with Crippen LogP contribution >= 0.6 is 0 Å². The average Bonchev–Trinajstić information content (AvgIpc) is 2.72. The maximum Gasteiger partial charge on any atom is 0.243 e. The van der Waals surface area contributed by atoms with Gasteiger partial charge in [-0.3, -0.25) is 9.59 Å². The molecule has 0 saturated carbocycles. The molecular weight excluding hydrogens is 404 g/mol. The van der Waals surface area contributed by atoms with Crippen LogP contribution in [-0.2, 0) is 26.2 Å². The topological polar surface area (TPSA) is 119 Å². The number of nitrogens with one attached hydrogen (secondary N) is 2. The molecule has 0 aromatic heterocycles. The van der Waals surface area contributed by atoms with E-state index in [2.05, 4.69) is 10.6 Å². The predicted octanol–water partition coefficient (Wildman–Crippen LogP) is 2.23. The van der Waals surface area contributed by atoms with E-state index in [0.29, 0.717) is 17.7 Å². The molecule has 158 valence electrons. The van der Waals surface area contributed by atoms with Gasteiger partial charge in [0.05, 0.1) is 23.1 Å². The van der Waals surface area contributed by atoms with Crippen molar-refractivity contribution in [3.63, 3.8) is 0 Å². The number of sulfonamides is 1. The first kappa shape index (κ1) is 23.1. The zero-order chi connectivity index (χ0) is 22.1. The Bertz CT molecular complexity index is 1040. The fraction of sp³-hybridized carbons (Fsp3) is 0.286. The second-order valence-electron chi connectivity index (χ2n) is 6.67. The largest absolute Gasteiger partial charge is 0.351 e. The first-order valence-electron chi connectivity index (χ1n) is 9.38. The highest BCUT2D eigenvalue weighted by Gasteiger charge is 2.22. The molecule has 2 amide bonds. The van der Waals surface area contributed by atoms with E-state index in [4.69, 9.17) is 5.26 Å². The maximum absolute atomic E-state index is 12.6. The smallest absolute Gasteiger partial charge is 0.243 e. The van der Waals surface area contributed by atoms with Crippen LogP contribution in [0, 0.1) is 11.3 Å². The lowest BCUT2D eigenvalue weighted by Gasteiger charge is -2.17. The molecule has 2 rings (SSSR count). The molecule has 0 unspecified atom stereocenters. The third-order valence-corrected chi connectivity index (χ3v) is 6.05. The quantitative estimate of drug-likeness (QED) is 0.635. The lowest BCUT2D eigenvalue weighted by molar-refractivity contribution is -0.121. The van der Waals surface area contributed by atoms with Crippen LogP contribution in [-0.4, -0.2) is 38.1 Å². The molecule has 0 saturated heterocycles. The number of likely N-dealkylation sites (N-methyl/N-ethyl adjacent to an activating group) is 1. The maximum atomic E-state index is 12.6. The van der Waals surface area contributed by atoms with Gasteiger partial charge in [-0.05, 0) is 48.4 Å². The third-order valence-electron chi connectivity index (χ3n) is 4.24. The van der Waals surface area contributed by atoms with Gasteiger partial charge in [0.15, 0.2) is 0 Å². The van der Waals surface area contributed by atoms with Crippen LogP contribution in [0.5, 0.6) is 0 Å². The van der Waals surface area contributed by atoms with Gasteiger partial charge >= 0.3 is 0 Å². The van der Waals surface area contributed by atoms with Crippen molar-refractivity contribution in [2.45, 2.75) is 31.2 Å². The highest BCUT2D eigenvalue weighted by atomic mass is 32.2. The van der Waals surface area contributed by atoms with Crippen LogP contribution in [0.1, 0.15) is 30.9 Å². The van der Waals surface area contributed by atoms with Crippen molar-refractivity contribution in [3.05, 3.63) is 59.7 Å². The van der Waals surface area contributed by atoms with Crippen LogP contribution in [0.15, 0.2) is 53.4 Å². The molecule has 0 aliphatic heterocycles. The van der Waals surface area contributed by atoms with Crippen LogP contribution in [0.3, 0.4) is 0 Å². The number of anilines is 1. The van der Waals surface area contributed by atoms with Crippen LogP contribution < -0.4 is 10.6 Å². The van der Waals surface area contributed by atoms with Gasteiger partial charge in [0.2, 0.25) is 21.8 Å². The normalized spacial score (nSPS) is 11.0. The second kappa shape index (κ2) is 10.5. The number of hydrogen-bond acceptors (Lipinski definition) is 5. The SMILES string of the molecule is CCCC(=O)Nc1cccc(CNC(=O)CN(C)S(=O)(=O)c2ccc(C#N)cc2)c1. The summed E-state index contributed by atoms with van der Waals surface area (Å²) >= 11 is 0. The van der Waals surface area contributed by atoms with E-state index < -0.39 is 15.9 Å². The third kappa shape index (κ3) is 6.40. The summed E-state index contributed by atoms with van der Waals surface area (Å²) in [5, 5.41) is 14.3. The Balaban J connectivity index is 1.93. The molecule has 0 aliphatic carbocycles. The van der Waals surface area contributed by atoms with Crippen LogP contribution in [0.4, 0.5) is 5.69 Å². The number of nitriles is 1. The minimum Gasteiger partial charge on any atom is -0.351 e. The minimum atomic E-state index is -3.85. The summed E-state index contributed by atoms with van der Waals surface area (Å²) in [4.78, 5) is 23.9. The molecule has 0 fully saturated rings. The van der Waals surface area contributed by atoms with E-state index >= 15 is 0 Å². The van der Waals surface area contributed by atoms with Crippen molar-refractivity contribution >= 4 is 27.5 Å². The molecule has 0 aliphatic rings. The molecule has 30 heavy (non-hydrogen) atoms. The van der Waals surface area contributed by atoms with Crippen molar-refractivity contribution in [3.8, 4) is 6.07 Å². The van der Waals surface area contributed by atoms with Gasteiger partial charge in [-0.25, -0.2) is 8.42 Å². The standard InChI is InChI=1S/C21H24N4O4S/c1-3-5-20(26)24-18-7-4-6-17(12-18)14-23-21(27)15-25(2)30(28,29)19-10-8-16(13-22)9-11-19/h4,6-12H,3,5,14-15H2,1-2H3,(H,23,27)(H,24,26). The van der Waals surface area contributed by atoms with Gasteiger partial charge < -0.3 is 10.6 Å². The Morgan fingerprint density at radius 2 is 1.80 bits per heavy atom. The molecule has 0 radical (unpaired) electrons. The summed E-state index contributed by atoms with van der Waals surface area (Å²) in [7, 11) is -2.54. The number of carbonyl (C=O) groups excluding carboxylic acids is 2. The predicted molar refractivity (Wildman–Crippen MR) is 113 cm³/mol. The summed E-state index contributed by atoms with van der Waals surface area (Å²) in [6.45, 7) is 1.76. The monoisotopic (exact) mass is 428 g/mol. The summed E-state index contributed by atoms with van der Waals surface area (Å²) in [6, 6.07) is 14.5. The number of hydrogen-bond donors (Lipinski definition) is 2. The van der Waals surface area contributed by atoms with E-state index in [9.17, 15) is 18.0 Å². The minimum absolute atomic E-state index is 0.00678.